The van der Waals surface area contributed by atoms with Crippen molar-refractivity contribution in [2.24, 2.45) is 5.92 Å². The number of aryl methyl sites for hydroxylation is 1. The molecule has 0 aliphatic heterocycles. The topological polar surface area (TPSA) is 86.8 Å². The second-order valence-electron chi connectivity index (χ2n) is 8.57. The van der Waals surface area contributed by atoms with Gasteiger partial charge in [-0.3, -0.25) is 13.9 Å². The Balaban J connectivity index is 2.35. The lowest BCUT2D eigenvalue weighted by atomic mass is 10.1. The van der Waals surface area contributed by atoms with E-state index in [0.29, 0.717) is 12.2 Å². The molecule has 0 radical (unpaired) electrons. The Morgan fingerprint density at radius 3 is 2.24 bits per heavy atom. The monoisotopic (exact) mass is 537 g/mol. The molecule has 2 rings (SSSR count). The number of nitrogens with one attached hydrogen (secondary N) is 1. The standard InChI is InChI=1S/C24H32BrN3O4S/c1-17(2)14-26-24(30)19(4)27(15-20-7-6-8-21(25)13-20)23(29)16-28(33(5,31)32)22-11-9-18(3)10-12-22/h6-13,17,19H,14-16H2,1-5H3,(H,26,30). The Labute approximate surface area is 205 Å². The van der Waals surface area contributed by atoms with Gasteiger partial charge >= 0.3 is 0 Å². The zero-order valence-electron chi connectivity index (χ0n) is 19.7. The Morgan fingerprint density at radius 1 is 1.06 bits per heavy atom. The molecule has 33 heavy (non-hydrogen) atoms. The number of rotatable bonds is 10. The van der Waals surface area contributed by atoms with Gasteiger partial charge in [-0.25, -0.2) is 8.42 Å². The minimum Gasteiger partial charge on any atom is -0.354 e. The van der Waals surface area contributed by atoms with Crippen LogP contribution in [0.25, 0.3) is 0 Å². The number of carbonyl (C=O) groups excluding carboxylic acids is 2. The van der Waals surface area contributed by atoms with Crippen LogP contribution in [0.5, 0.6) is 0 Å². The van der Waals surface area contributed by atoms with E-state index >= 15 is 0 Å². The Bertz CT molecular complexity index is 1070. The van der Waals surface area contributed by atoms with Crippen LogP contribution in [0.2, 0.25) is 0 Å². The third-order valence-electron chi connectivity index (χ3n) is 5.09. The summed E-state index contributed by atoms with van der Waals surface area (Å²) >= 11 is 3.43. The fourth-order valence-electron chi connectivity index (χ4n) is 3.19. The first kappa shape index (κ1) is 26.9. The van der Waals surface area contributed by atoms with E-state index in [1.54, 1.807) is 31.2 Å². The summed E-state index contributed by atoms with van der Waals surface area (Å²) in [5, 5.41) is 2.86. The van der Waals surface area contributed by atoms with Crippen LogP contribution >= 0.6 is 15.9 Å². The van der Waals surface area contributed by atoms with Crippen molar-refractivity contribution in [3.63, 3.8) is 0 Å². The van der Waals surface area contributed by atoms with E-state index in [0.717, 1.165) is 26.2 Å². The number of nitrogens with zero attached hydrogens (tertiary/aromatic N) is 2. The van der Waals surface area contributed by atoms with Crippen molar-refractivity contribution in [3.05, 3.63) is 64.1 Å². The number of anilines is 1. The van der Waals surface area contributed by atoms with Gasteiger partial charge in [0.25, 0.3) is 0 Å². The van der Waals surface area contributed by atoms with Crippen LogP contribution < -0.4 is 9.62 Å². The van der Waals surface area contributed by atoms with E-state index in [4.69, 9.17) is 0 Å². The van der Waals surface area contributed by atoms with Crippen LogP contribution in [0.3, 0.4) is 0 Å². The second-order valence-corrected chi connectivity index (χ2v) is 11.4. The summed E-state index contributed by atoms with van der Waals surface area (Å²) in [4.78, 5) is 27.7. The summed E-state index contributed by atoms with van der Waals surface area (Å²) in [6.07, 6.45) is 1.07. The molecule has 0 saturated carbocycles. The molecule has 0 heterocycles. The summed E-state index contributed by atoms with van der Waals surface area (Å²) in [5.41, 5.74) is 2.20. The van der Waals surface area contributed by atoms with Gasteiger partial charge in [-0.2, -0.15) is 0 Å². The maximum Gasteiger partial charge on any atom is 0.244 e. The van der Waals surface area contributed by atoms with Gasteiger partial charge in [-0.1, -0.05) is 59.6 Å². The van der Waals surface area contributed by atoms with Gasteiger partial charge in [-0.15, -0.1) is 0 Å². The van der Waals surface area contributed by atoms with Gasteiger partial charge in [-0.05, 0) is 49.6 Å². The molecule has 2 aromatic carbocycles. The van der Waals surface area contributed by atoms with E-state index in [1.165, 1.54) is 4.90 Å². The van der Waals surface area contributed by atoms with E-state index in [1.807, 2.05) is 45.0 Å². The number of benzene rings is 2. The number of halogens is 1. The van der Waals surface area contributed by atoms with E-state index in [-0.39, 0.29) is 18.4 Å². The molecule has 0 aliphatic carbocycles. The van der Waals surface area contributed by atoms with Gasteiger partial charge in [0.15, 0.2) is 0 Å². The number of amides is 2. The Morgan fingerprint density at radius 2 is 1.70 bits per heavy atom. The molecule has 2 aromatic rings. The first-order valence-corrected chi connectivity index (χ1v) is 13.4. The molecular weight excluding hydrogens is 506 g/mol. The summed E-state index contributed by atoms with van der Waals surface area (Å²) in [6, 6.07) is 13.6. The number of hydrogen-bond donors (Lipinski definition) is 1. The second kappa shape index (κ2) is 11.7. The SMILES string of the molecule is Cc1ccc(N(CC(=O)N(Cc2cccc(Br)c2)C(C)C(=O)NCC(C)C)S(C)(=O)=O)cc1. The van der Waals surface area contributed by atoms with E-state index < -0.39 is 28.5 Å². The minimum atomic E-state index is -3.73. The highest BCUT2D eigenvalue weighted by Gasteiger charge is 2.30. The van der Waals surface area contributed by atoms with Crippen molar-refractivity contribution in [2.75, 3.05) is 23.7 Å². The van der Waals surface area contributed by atoms with Crippen molar-refractivity contribution in [1.29, 1.82) is 0 Å². The van der Waals surface area contributed by atoms with Crippen LogP contribution in [0.1, 0.15) is 31.9 Å². The molecule has 0 aromatic heterocycles. The largest absolute Gasteiger partial charge is 0.354 e. The van der Waals surface area contributed by atoms with Crippen molar-refractivity contribution < 1.29 is 18.0 Å². The Hall–Kier alpha value is -2.39. The fourth-order valence-corrected chi connectivity index (χ4v) is 4.49. The molecule has 1 N–H and O–H groups in total. The van der Waals surface area contributed by atoms with Gasteiger partial charge in [0.1, 0.15) is 12.6 Å². The van der Waals surface area contributed by atoms with Gasteiger partial charge in [0, 0.05) is 17.6 Å². The summed E-state index contributed by atoms with van der Waals surface area (Å²) in [6.45, 7) is 7.78. The van der Waals surface area contributed by atoms with Gasteiger partial charge in [0.05, 0.1) is 11.9 Å². The molecule has 180 valence electrons. The van der Waals surface area contributed by atoms with Crippen LogP contribution in [0.4, 0.5) is 5.69 Å². The molecule has 9 heteroatoms. The maximum atomic E-state index is 13.4. The van der Waals surface area contributed by atoms with Gasteiger partial charge < -0.3 is 10.2 Å². The van der Waals surface area contributed by atoms with Crippen LogP contribution in [-0.4, -0.2) is 50.5 Å². The average Bonchev–Trinajstić information content (AvgIpc) is 2.73. The molecule has 1 unspecified atom stereocenters. The normalized spacial score (nSPS) is 12.3. The molecule has 0 aliphatic rings. The average molecular weight is 539 g/mol. The maximum absolute atomic E-state index is 13.4. The number of carbonyl (C=O) groups is 2. The lowest BCUT2D eigenvalue weighted by Gasteiger charge is -2.31. The number of sulfonamides is 1. The molecule has 0 saturated heterocycles. The lowest BCUT2D eigenvalue weighted by Crippen LogP contribution is -2.51. The van der Waals surface area contributed by atoms with Crippen LogP contribution in [0.15, 0.2) is 53.0 Å². The minimum absolute atomic E-state index is 0.167. The predicted octanol–water partition coefficient (Wildman–Crippen LogP) is 3.71. The lowest BCUT2D eigenvalue weighted by molar-refractivity contribution is -0.139. The third kappa shape index (κ3) is 8.16. The molecule has 0 fully saturated rings. The van der Waals surface area contributed by atoms with Gasteiger partial charge in [0.2, 0.25) is 21.8 Å². The van der Waals surface area contributed by atoms with E-state index in [9.17, 15) is 18.0 Å². The van der Waals surface area contributed by atoms with Crippen molar-refractivity contribution in [3.8, 4) is 0 Å². The Kier molecular flexibility index (Phi) is 9.48. The summed E-state index contributed by atoms with van der Waals surface area (Å²) in [7, 11) is -3.73. The van der Waals surface area contributed by atoms with Crippen molar-refractivity contribution >= 4 is 43.5 Å². The molecular formula is C24H32BrN3O4S. The van der Waals surface area contributed by atoms with E-state index in [2.05, 4.69) is 21.2 Å². The zero-order chi connectivity index (χ0) is 24.8. The first-order chi connectivity index (χ1) is 15.4. The number of hydrogen-bond acceptors (Lipinski definition) is 4. The highest BCUT2D eigenvalue weighted by atomic mass is 79.9. The van der Waals surface area contributed by atoms with Crippen LogP contribution in [-0.2, 0) is 26.2 Å². The first-order valence-electron chi connectivity index (χ1n) is 10.7. The highest BCUT2D eigenvalue weighted by Crippen LogP contribution is 2.20. The predicted molar refractivity (Wildman–Crippen MR) is 135 cm³/mol. The summed E-state index contributed by atoms with van der Waals surface area (Å²) in [5.74, 6) is -0.487. The fraction of sp³-hybridized carbons (Fsp3) is 0.417. The zero-order valence-corrected chi connectivity index (χ0v) is 22.1. The smallest absolute Gasteiger partial charge is 0.244 e. The molecule has 1 atom stereocenters. The van der Waals surface area contributed by atoms with Crippen LogP contribution in [0, 0.1) is 12.8 Å². The van der Waals surface area contributed by atoms with Crippen molar-refractivity contribution in [1.82, 2.24) is 10.2 Å². The molecule has 7 nitrogen and oxygen atoms in total. The summed E-state index contributed by atoms with van der Waals surface area (Å²) < 4.78 is 27.0. The third-order valence-corrected chi connectivity index (χ3v) is 6.73. The molecule has 0 bridgehead atoms. The quantitative estimate of drug-likeness (QED) is 0.500. The molecule has 2 amide bonds. The van der Waals surface area contributed by atoms with Crippen molar-refractivity contribution in [2.45, 2.75) is 40.3 Å². The molecule has 0 spiro atoms. The highest BCUT2D eigenvalue weighted by molar-refractivity contribution is 9.10.